The zero-order valence-electron chi connectivity index (χ0n) is 14.8. The van der Waals surface area contributed by atoms with Gasteiger partial charge in [-0.3, -0.25) is 0 Å². The Morgan fingerprint density at radius 3 is 2.46 bits per heavy atom. The monoisotopic (exact) mass is 372 g/mol. The van der Waals surface area contributed by atoms with E-state index in [0.29, 0.717) is 16.9 Å². The number of rotatable bonds is 5. The Hall–Kier alpha value is -3.86. The summed E-state index contributed by atoms with van der Waals surface area (Å²) in [5.41, 5.74) is 2.44. The number of carboxylic acid groups (broad SMARTS) is 1. The minimum absolute atomic E-state index is 0.0938. The number of aromatic carboxylic acids is 1. The third-order valence-electron chi connectivity index (χ3n) is 4.44. The summed E-state index contributed by atoms with van der Waals surface area (Å²) in [5.74, 6) is -0.516. The molecule has 0 saturated heterocycles. The topological polar surface area (TPSA) is 76.7 Å². The van der Waals surface area contributed by atoms with E-state index in [4.69, 9.17) is 9.15 Å². The molecule has 0 aliphatic carbocycles. The Morgan fingerprint density at radius 1 is 0.929 bits per heavy atom. The lowest BCUT2D eigenvalue weighted by Crippen LogP contribution is -2.05. The Labute approximate surface area is 160 Å². The Balaban J connectivity index is 1.68. The zero-order valence-corrected chi connectivity index (χ0v) is 14.8. The van der Waals surface area contributed by atoms with E-state index in [0.717, 1.165) is 16.5 Å². The molecule has 0 spiro atoms. The number of carbonyl (C=O) groups is 1. The molecule has 1 aromatic heterocycles. The molecule has 0 bridgehead atoms. The van der Waals surface area contributed by atoms with Crippen molar-refractivity contribution in [3.05, 3.63) is 100 Å². The van der Waals surface area contributed by atoms with Crippen LogP contribution in [0.4, 0.5) is 0 Å². The van der Waals surface area contributed by atoms with E-state index in [1.807, 2.05) is 36.4 Å². The average Bonchev–Trinajstić information content (AvgIpc) is 2.72. The molecule has 0 unspecified atom stereocenters. The molecule has 0 atom stereocenters. The van der Waals surface area contributed by atoms with E-state index in [1.54, 1.807) is 30.3 Å². The Bertz CT molecular complexity index is 1210. The normalized spacial score (nSPS) is 10.7. The molecule has 0 fully saturated rings. The van der Waals surface area contributed by atoms with Crippen molar-refractivity contribution >= 4 is 16.9 Å². The van der Waals surface area contributed by atoms with E-state index >= 15 is 0 Å². The fourth-order valence-corrected chi connectivity index (χ4v) is 3.11. The second-order valence-electron chi connectivity index (χ2n) is 6.25. The number of fused-ring (bicyclic) bond motifs is 1. The fourth-order valence-electron chi connectivity index (χ4n) is 3.11. The van der Waals surface area contributed by atoms with Crippen molar-refractivity contribution in [2.45, 2.75) is 6.61 Å². The summed E-state index contributed by atoms with van der Waals surface area (Å²) in [6.07, 6.45) is 0. The molecule has 4 aromatic rings. The number of benzene rings is 3. The molecular weight excluding hydrogens is 356 g/mol. The predicted molar refractivity (Wildman–Crippen MR) is 106 cm³/mol. The van der Waals surface area contributed by atoms with Crippen LogP contribution in [0.2, 0.25) is 0 Å². The molecule has 0 aliphatic heterocycles. The van der Waals surface area contributed by atoms with Gasteiger partial charge < -0.3 is 14.3 Å². The molecule has 3 aromatic carbocycles. The van der Waals surface area contributed by atoms with Crippen molar-refractivity contribution in [3.8, 4) is 16.9 Å². The maximum atomic E-state index is 12.0. The van der Waals surface area contributed by atoms with Gasteiger partial charge in [-0.1, -0.05) is 48.5 Å². The molecule has 28 heavy (non-hydrogen) atoms. The van der Waals surface area contributed by atoms with Gasteiger partial charge in [-0.2, -0.15) is 0 Å². The highest BCUT2D eigenvalue weighted by Crippen LogP contribution is 2.29. The highest BCUT2D eigenvalue weighted by molar-refractivity contribution is 5.93. The minimum Gasteiger partial charge on any atom is -0.489 e. The quantitative estimate of drug-likeness (QED) is 0.512. The van der Waals surface area contributed by atoms with Crippen molar-refractivity contribution in [3.63, 3.8) is 0 Å². The molecule has 5 nitrogen and oxygen atoms in total. The van der Waals surface area contributed by atoms with Gasteiger partial charge >= 0.3 is 11.6 Å². The van der Waals surface area contributed by atoms with E-state index in [2.05, 4.69) is 0 Å². The summed E-state index contributed by atoms with van der Waals surface area (Å²) in [6, 6.07) is 23.0. The molecule has 0 amide bonds. The van der Waals surface area contributed by atoms with E-state index in [9.17, 15) is 14.7 Å². The fraction of sp³-hybridized carbons (Fsp3) is 0.0435. The molecule has 0 saturated carbocycles. The SMILES string of the molecule is O=C(O)c1ccccc1COc1ccc2c(-c3ccccc3)cc(=O)oc2c1. The molecule has 0 radical (unpaired) electrons. The molecule has 4 rings (SSSR count). The van der Waals surface area contributed by atoms with Crippen molar-refractivity contribution in [2.24, 2.45) is 0 Å². The second-order valence-corrected chi connectivity index (χ2v) is 6.25. The predicted octanol–water partition coefficient (Wildman–Crippen LogP) is 4.74. The molecule has 138 valence electrons. The first-order valence-electron chi connectivity index (χ1n) is 8.69. The Kier molecular flexibility index (Phi) is 4.64. The lowest BCUT2D eigenvalue weighted by molar-refractivity contribution is 0.0694. The van der Waals surface area contributed by atoms with Crippen molar-refractivity contribution in [1.82, 2.24) is 0 Å². The first kappa shape index (κ1) is 17.5. The summed E-state index contributed by atoms with van der Waals surface area (Å²) in [5, 5.41) is 10.1. The minimum atomic E-state index is -1.00. The summed E-state index contributed by atoms with van der Waals surface area (Å²) in [7, 11) is 0. The second kappa shape index (κ2) is 7.40. The average molecular weight is 372 g/mol. The van der Waals surface area contributed by atoms with E-state index in [1.165, 1.54) is 12.1 Å². The number of carboxylic acids is 1. The van der Waals surface area contributed by atoms with Gasteiger partial charge in [-0.05, 0) is 29.3 Å². The van der Waals surface area contributed by atoms with Crippen molar-refractivity contribution < 1.29 is 19.1 Å². The molecule has 1 N–H and O–H groups in total. The smallest absolute Gasteiger partial charge is 0.336 e. The summed E-state index contributed by atoms with van der Waals surface area (Å²) < 4.78 is 11.1. The summed E-state index contributed by atoms with van der Waals surface area (Å²) >= 11 is 0. The highest BCUT2D eigenvalue weighted by atomic mass is 16.5. The largest absolute Gasteiger partial charge is 0.489 e. The van der Waals surface area contributed by atoms with Gasteiger partial charge in [-0.15, -0.1) is 0 Å². The molecule has 0 aliphatic rings. The standard InChI is InChI=1S/C23H16O5/c24-22-13-20(15-6-2-1-3-7-15)19-11-10-17(12-21(19)28-22)27-14-16-8-4-5-9-18(16)23(25)26/h1-13H,14H2,(H,25,26). The third kappa shape index (κ3) is 3.50. The van der Waals surface area contributed by atoms with Gasteiger partial charge in [0.1, 0.15) is 17.9 Å². The molecule has 5 heteroatoms. The maximum Gasteiger partial charge on any atom is 0.336 e. The first-order valence-corrected chi connectivity index (χ1v) is 8.69. The van der Waals surface area contributed by atoms with Crippen molar-refractivity contribution in [1.29, 1.82) is 0 Å². The molecular formula is C23H16O5. The van der Waals surface area contributed by atoms with Crippen LogP contribution in [0.1, 0.15) is 15.9 Å². The lowest BCUT2D eigenvalue weighted by atomic mass is 10.0. The van der Waals surface area contributed by atoms with Gasteiger partial charge in [0.25, 0.3) is 0 Å². The van der Waals surface area contributed by atoms with Crippen molar-refractivity contribution in [2.75, 3.05) is 0 Å². The number of ether oxygens (including phenoxy) is 1. The lowest BCUT2D eigenvalue weighted by Gasteiger charge is -2.10. The van der Waals surface area contributed by atoms with Crippen LogP contribution in [-0.4, -0.2) is 11.1 Å². The van der Waals surface area contributed by atoms with Gasteiger partial charge in [0.2, 0.25) is 0 Å². The summed E-state index contributed by atoms with van der Waals surface area (Å²) in [4.78, 5) is 23.3. The van der Waals surface area contributed by atoms with Gasteiger partial charge in [-0.25, -0.2) is 9.59 Å². The third-order valence-corrected chi connectivity index (χ3v) is 4.44. The number of hydrogen-bond acceptors (Lipinski definition) is 4. The Morgan fingerprint density at radius 2 is 1.68 bits per heavy atom. The van der Waals surface area contributed by atoms with Gasteiger partial charge in [0.15, 0.2) is 0 Å². The highest BCUT2D eigenvalue weighted by Gasteiger charge is 2.11. The number of hydrogen-bond donors (Lipinski definition) is 1. The van der Waals surface area contributed by atoms with Crippen LogP contribution >= 0.6 is 0 Å². The molecule has 1 heterocycles. The maximum absolute atomic E-state index is 12.0. The van der Waals surface area contributed by atoms with Gasteiger partial charge in [0, 0.05) is 23.1 Å². The van der Waals surface area contributed by atoms with Gasteiger partial charge in [0.05, 0.1) is 5.56 Å². The van der Waals surface area contributed by atoms with Crippen LogP contribution in [0.15, 0.2) is 88.1 Å². The van der Waals surface area contributed by atoms with E-state index < -0.39 is 11.6 Å². The van der Waals surface area contributed by atoms with Crippen LogP contribution < -0.4 is 10.4 Å². The summed E-state index contributed by atoms with van der Waals surface area (Å²) in [6.45, 7) is 0.0938. The zero-order chi connectivity index (χ0) is 19.5. The van der Waals surface area contributed by atoms with Crippen LogP contribution in [0.5, 0.6) is 5.75 Å². The van der Waals surface area contributed by atoms with Crippen LogP contribution in [-0.2, 0) is 6.61 Å². The first-order chi connectivity index (χ1) is 13.6. The van der Waals surface area contributed by atoms with E-state index in [-0.39, 0.29) is 12.2 Å². The van der Waals surface area contributed by atoms with Crippen LogP contribution in [0.25, 0.3) is 22.1 Å². The van der Waals surface area contributed by atoms with Crippen LogP contribution in [0, 0.1) is 0 Å². The van der Waals surface area contributed by atoms with Crippen LogP contribution in [0.3, 0.4) is 0 Å².